The zero-order chi connectivity index (χ0) is 20.1. The molecule has 0 saturated heterocycles. The summed E-state index contributed by atoms with van der Waals surface area (Å²) >= 11 is 0. The Morgan fingerprint density at radius 2 is 1.07 bits per heavy atom. The van der Waals surface area contributed by atoms with Gasteiger partial charge < -0.3 is 9.84 Å². The predicted octanol–water partition coefficient (Wildman–Crippen LogP) is 6.32. The van der Waals surface area contributed by atoms with Crippen LogP contribution >= 0.6 is 0 Å². The molecule has 1 aromatic rings. The molecule has 0 spiro atoms. The van der Waals surface area contributed by atoms with Crippen molar-refractivity contribution in [2.75, 3.05) is 7.11 Å². The SMILES string of the molecule is COc1ccccc1C(O)(C12CC3CC(CC(C3)C1)C2)C12CC3CC(CC(C3)C1)C2. The van der Waals surface area contributed by atoms with Gasteiger partial charge in [0.15, 0.2) is 0 Å². The Morgan fingerprint density at radius 3 is 1.43 bits per heavy atom. The highest BCUT2D eigenvalue weighted by Gasteiger charge is 2.70. The van der Waals surface area contributed by atoms with Crippen LogP contribution in [0.5, 0.6) is 5.75 Å². The van der Waals surface area contributed by atoms with E-state index in [1.54, 1.807) is 7.11 Å². The summed E-state index contributed by atoms with van der Waals surface area (Å²) in [6.07, 6.45) is 16.2. The highest BCUT2D eigenvalue weighted by Crippen LogP contribution is 2.75. The number of ether oxygens (including phenoxy) is 1. The lowest BCUT2D eigenvalue weighted by atomic mass is 9.35. The molecule has 8 bridgehead atoms. The molecular weight excluding hydrogens is 368 g/mol. The van der Waals surface area contributed by atoms with E-state index in [4.69, 9.17) is 4.74 Å². The topological polar surface area (TPSA) is 29.5 Å². The summed E-state index contributed by atoms with van der Waals surface area (Å²) in [5.41, 5.74) is 0.569. The molecule has 1 N–H and O–H groups in total. The third kappa shape index (κ3) is 2.25. The number of aliphatic hydroxyl groups is 1. The molecule has 0 aromatic heterocycles. The Kier molecular flexibility index (Phi) is 3.74. The van der Waals surface area contributed by atoms with E-state index in [0.717, 1.165) is 46.8 Å². The van der Waals surface area contributed by atoms with E-state index in [1.165, 1.54) is 77.0 Å². The Balaban J connectivity index is 1.45. The van der Waals surface area contributed by atoms with Gasteiger partial charge in [-0.15, -0.1) is 0 Å². The normalized spacial score (nSPS) is 49.9. The van der Waals surface area contributed by atoms with Gasteiger partial charge in [-0.05, 0) is 119 Å². The summed E-state index contributed by atoms with van der Waals surface area (Å²) in [7, 11) is 1.80. The average molecular weight is 407 g/mol. The number of rotatable bonds is 4. The van der Waals surface area contributed by atoms with E-state index in [9.17, 15) is 5.11 Å². The summed E-state index contributed by atoms with van der Waals surface area (Å²) in [6, 6.07) is 8.60. The van der Waals surface area contributed by atoms with Gasteiger partial charge in [0.2, 0.25) is 0 Å². The zero-order valence-corrected chi connectivity index (χ0v) is 18.6. The van der Waals surface area contributed by atoms with Crippen molar-refractivity contribution in [1.82, 2.24) is 0 Å². The van der Waals surface area contributed by atoms with Crippen LogP contribution < -0.4 is 4.74 Å². The fourth-order valence-corrected chi connectivity index (χ4v) is 11.2. The van der Waals surface area contributed by atoms with Gasteiger partial charge >= 0.3 is 0 Å². The monoisotopic (exact) mass is 406 g/mol. The minimum Gasteiger partial charge on any atom is -0.496 e. The molecule has 0 amide bonds. The van der Waals surface area contributed by atoms with Crippen LogP contribution in [0.1, 0.15) is 82.6 Å². The molecular formula is C28H38O2. The molecule has 8 aliphatic carbocycles. The summed E-state index contributed by atoms with van der Waals surface area (Å²) in [6.45, 7) is 0. The van der Waals surface area contributed by atoms with Crippen LogP contribution in [0, 0.1) is 46.3 Å². The molecule has 0 radical (unpaired) electrons. The van der Waals surface area contributed by atoms with E-state index in [1.807, 2.05) is 0 Å². The van der Waals surface area contributed by atoms with Crippen molar-refractivity contribution in [3.8, 4) is 5.75 Å². The maximum atomic E-state index is 13.4. The lowest BCUT2D eigenvalue weighted by Gasteiger charge is -2.70. The number of hydrogen-bond donors (Lipinski definition) is 1. The second-order valence-corrected chi connectivity index (χ2v) is 12.8. The van der Waals surface area contributed by atoms with E-state index in [0.29, 0.717) is 0 Å². The van der Waals surface area contributed by atoms with Crippen LogP contribution in [0.15, 0.2) is 24.3 Å². The summed E-state index contributed by atoms with van der Waals surface area (Å²) in [4.78, 5) is 0. The van der Waals surface area contributed by atoms with Crippen molar-refractivity contribution in [1.29, 1.82) is 0 Å². The van der Waals surface area contributed by atoms with Crippen molar-refractivity contribution in [3.05, 3.63) is 29.8 Å². The molecule has 1 aromatic carbocycles. The summed E-state index contributed by atoms with van der Waals surface area (Å²) in [5, 5.41) is 13.4. The van der Waals surface area contributed by atoms with Gasteiger partial charge in [-0.3, -0.25) is 0 Å². The Morgan fingerprint density at radius 1 is 0.700 bits per heavy atom. The van der Waals surface area contributed by atoms with E-state index < -0.39 is 5.60 Å². The highest BCUT2D eigenvalue weighted by molar-refractivity contribution is 5.43. The molecule has 0 atom stereocenters. The first-order valence-corrected chi connectivity index (χ1v) is 12.9. The van der Waals surface area contributed by atoms with Gasteiger partial charge in [-0.25, -0.2) is 0 Å². The van der Waals surface area contributed by atoms with Gasteiger partial charge in [0.25, 0.3) is 0 Å². The Labute approximate surface area is 181 Å². The number of hydrogen-bond acceptors (Lipinski definition) is 2. The smallest absolute Gasteiger partial charge is 0.124 e. The fraction of sp³-hybridized carbons (Fsp3) is 0.786. The molecule has 0 aliphatic heterocycles. The van der Waals surface area contributed by atoms with Crippen LogP contribution in [0.4, 0.5) is 0 Å². The maximum absolute atomic E-state index is 13.4. The molecule has 2 heteroatoms. The molecule has 0 heterocycles. The second kappa shape index (κ2) is 6.06. The lowest BCUT2D eigenvalue weighted by Crippen LogP contribution is -2.66. The van der Waals surface area contributed by atoms with Gasteiger partial charge in [-0.2, -0.15) is 0 Å². The fourth-order valence-electron chi connectivity index (χ4n) is 11.2. The summed E-state index contributed by atoms with van der Waals surface area (Å²) in [5.74, 6) is 6.06. The van der Waals surface area contributed by atoms with E-state index in [-0.39, 0.29) is 10.8 Å². The average Bonchev–Trinajstić information content (AvgIpc) is 2.71. The van der Waals surface area contributed by atoms with E-state index in [2.05, 4.69) is 24.3 Å². The van der Waals surface area contributed by atoms with Crippen LogP contribution in [-0.2, 0) is 5.60 Å². The molecule has 30 heavy (non-hydrogen) atoms. The minimum atomic E-state index is -0.724. The minimum absolute atomic E-state index is 0.0715. The number of benzene rings is 1. The molecule has 8 aliphatic rings. The first-order chi connectivity index (χ1) is 14.5. The predicted molar refractivity (Wildman–Crippen MR) is 118 cm³/mol. The third-order valence-corrected chi connectivity index (χ3v) is 11.1. The highest BCUT2D eigenvalue weighted by atomic mass is 16.5. The molecule has 8 fully saturated rings. The zero-order valence-electron chi connectivity index (χ0n) is 18.6. The molecule has 8 saturated carbocycles. The molecule has 9 rings (SSSR count). The number of para-hydroxylation sites is 1. The first kappa shape index (κ1) is 18.5. The standard InChI is InChI=1S/C28H38O2/c1-30-25-5-3-2-4-24(25)28(29,26-12-18-6-19(13-26)8-20(7-18)14-26)27-15-21-9-22(16-27)11-23(10-21)17-27/h2-5,18-23,29H,6-17H2,1H3. The van der Waals surface area contributed by atoms with Crippen molar-refractivity contribution in [2.45, 2.75) is 82.7 Å². The van der Waals surface area contributed by atoms with Crippen molar-refractivity contribution >= 4 is 0 Å². The molecule has 162 valence electrons. The van der Waals surface area contributed by atoms with Crippen LogP contribution in [0.3, 0.4) is 0 Å². The Bertz CT molecular complexity index is 739. The largest absolute Gasteiger partial charge is 0.496 e. The van der Waals surface area contributed by atoms with Crippen LogP contribution in [-0.4, -0.2) is 12.2 Å². The quantitative estimate of drug-likeness (QED) is 0.634. The van der Waals surface area contributed by atoms with Crippen molar-refractivity contribution in [3.63, 3.8) is 0 Å². The van der Waals surface area contributed by atoms with Crippen LogP contribution in [0.2, 0.25) is 0 Å². The van der Waals surface area contributed by atoms with Gasteiger partial charge in [0.1, 0.15) is 11.4 Å². The molecule has 2 nitrogen and oxygen atoms in total. The van der Waals surface area contributed by atoms with Crippen LogP contribution in [0.25, 0.3) is 0 Å². The van der Waals surface area contributed by atoms with Gasteiger partial charge in [-0.1, -0.05) is 18.2 Å². The molecule has 0 unspecified atom stereocenters. The Hall–Kier alpha value is -1.02. The van der Waals surface area contributed by atoms with Crippen molar-refractivity contribution < 1.29 is 9.84 Å². The number of methoxy groups -OCH3 is 1. The van der Waals surface area contributed by atoms with E-state index >= 15 is 0 Å². The maximum Gasteiger partial charge on any atom is 0.124 e. The van der Waals surface area contributed by atoms with Crippen molar-refractivity contribution in [2.24, 2.45) is 46.3 Å². The lowest BCUT2D eigenvalue weighted by molar-refractivity contribution is -0.278. The third-order valence-electron chi connectivity index (χ3n) is 11.1. The second-order valence-electron chi connectivity index (χ2n) is 12.8. The first-order valence-electron chi connectivity index (χ1n) is 12.9. The van der Waals surface area contributed by atoms with Gasteiger partial charge in [0, 0.05) is 16.4 Å². The summed E-state index contributed by atoms with van der Waals surface area (Å²) < 4.78 is 5.96. The van der Waals surface area contributed by atoms with Gasteiger partial charge in [0.05, 0.1) is 7.11 Å².